The van der Waals surface area contributed by atoms with Crippen molar-refractivity contribution in [3.8, 4) is 11.5 Å². The highest BCUT2D eigenvalue weighted by Gasteiger charge is 2.22. The van der Waals surface area contributed by atoms with Crippen molar-refractivity contribution in [2.45, 2.75) is 38.3 Å². The van der Waals surface area contributed by atoms with Gasteiger partial charge in [0.1, 0.15) is 11.5 Å². The average molecular weight is 379 g/mol. The Balaban J connectivity index is 1.65. The van der Waals surface area contributed by atoms with Crippen LogP contribution in [0.1, 0.15) is 30.4 Å². The van der Waals surface area contributed by atoms with E-state index in [-0.39, 0.29) is 11.5 Å². The van der Waals surface area contributed by atoms with Crippen LogP contribution in [0.5, 0.6) is 11.5 Å². The lowest BCUT2D eigenvalue weighted by Crippen LogP contribution is -2.40. The summed E-state index contributed by atoms with van der Waals surface area (Å²) in [6, 6.07) is 14.2. The van der Waals surface area contributed by atoms with Crippen LogP contribution in [-0.4, -0.2) is 31.0 Å². The minimum Gasteiger partial charge on any atom is -0.508 e. The molecule has 1 unspecified atom stereocenters. The average Bonchev–Trinajstić information content (AvgIpc) is 2.59. The van der Waals surface area contributed by atoms with Crippen LogP contribution in [0, 0.1) is 0 Å². The zero-order chi connectivity index (χ0) is 18.6. The second kappa shape index (κ2) is 8.05. The monoisotopic (exact) mass is 379 g/mol. The van der Waals surface area contributed by atoms with E-state index >= 15 is 0 Å². The molecule has 5 nitrogen and oxygen atoms in total. The molecule has 0 radical (unpaired) electrons. The van der Waals surface area contributed by atoms with Gasteiger partial charge in [-0.25, -0.2) is 0 Å². The molecule has 2 aromatic rings. The van der Waals surface area contributed by atoms with Crippen molar-refractivity contribution in [3.63, 3.8) is 0 Å². The molecule has 26 heavy (non-hydrogen) atoms. The maximum Gasteiger partial charge on any atom is 0.488 e. The molecule has 0 bridgehead atoms. The van der Waals surface area contributed by atoms with Crippen molar-refractivity contribution >= 4 is 10.5 Å². The third-order valence-electron chi connectivity index (χ3n) is 4.66. The molecule has 1 heterocycles. The topological polar surface area (TPSA) is 66.8 Å². The first kappa shape index (κ1) is 18.7. The second-order valence-corrected chi connectivity index (χ2v) is 7.56. The van der Waals surface area contributed by atoms with Gasteiger partial charge in [-0.3, -0.25) is 4.90 Å². The molecule has 0 aliphatic carbocycles. The maximum absolute atomic E-state index is 12.6. The minimum absolute atomic E-state index is 0.0319. The second-order valence-electron chi connectivity index (χ2n) is 6.61. The number of phenols is 1. The fraction of sp³-hybridized carbons (Fsp3) is 0.368. The van der Waals surface area contributed by atoms with Gasteiger partial charge in [0.15, 0.2) is 0 Å². The Morgan fingerprint density at radius 2 is 1.69 bits per heavy atom. The molecule has 7 heteroatoms. The van der Waals surface area contributed by atoms with Crippen molar-refractivity contribution in [2.24, 2.45) is 0 Å². The van der Waals surface area contributed by atoms with E-state index in [1.54, 1.807) is 24.3 Å². The smallest absolute Gasteiger partial charge is 0.488 e. The fourth-order valence-corrected chi connectivity index (χ4v) is 3.74. The molecule has 3 rings (SSSR count). The highest BCUT2D eigenvalue weighted by Crippen LogP contribution is 2.24. The van der Waals surface area contributed by atoms with Gasteiger partial charge in [0.05, 0.1) is 0 Å². The Labute approximate surface area is 153 Å². The van der Waals surface area contributed by atoms with Gasteiger partial charge < -0.3 is 9.29 Å². The van der Waals surface area contributed by atoms with E-state index in [4.69, 9.17) is 0 Å². The molecule has 0 saturated carbocycles. The molecule has 1 fully saturated rings. The Morgan fingerprint density at radius 3 is 2.35 bits per heavy atom. The number of phenolic OH excluding ortho intramolecular Hbond substituents is 1. The number of hydrogen-bond acceptors (Lipinski definition) is 5. The number of nitrogens with zero attached hydrogens (tertiary/aromatic N) is 1. The number of halogens is 1. The molecule has 1 saturated heterocycles. The summed E-state index contributed by atoms with van der Waals surface area (Å²) in [5.74, 6) is 0.238. The fourth-order valence-electron chi connectivity index (χ4n) is 3.40. The summed E-state index contributed by atoms with van der Waals surface area (Å²) < 4.78 is 37.8. The Hall–Kier alpha value is -2.12. The predicted octanol–water partition coefficient (Wildman–Crippen LogP) is 3.58. The van der Waals surface area contributed by atoms with Crippen LogP contribution >= 0.6 is 0 Å². The van der Waals surface area contributed by atoms with Crippen molar-refractivity contribution in [3.05, 3.63) is 59.7 Å². The molecule has 1 aliphatic rings. The summed E-state index contributed by atoms with van der Waals surface area (Å²) in [5, 5.41) is 9.42. The van der Waals surface area contributed by atoms with Crippen LogP contribution in [0.4, 0.5) is 3.89 Å². The molecule has 1 aliphatic heterocycles. The van der Waals surface area contributed by atoms with Crippen LogP contribution < -0.4 is 4.18 Å². The van der Waals surface area contributed by atoms with Gasteiger partial charge >= 0.3 is 10.5 Å². The standard InChI is InChI=1S/C19H22FNO4S/c20-26(23,24)25-19-10-6-16(7-11-19)14-21-12-2-1-3-17(21)13-15-4-8-18(22)9-5-15/h4-11,17,22H,1-3,12-14H2. The van der Waals surface area contributed by atoms with Crippen LogP contribution in [0.3, 0.4) is 0 Å². The van der Waals surface area contributed by atoms with E-state index in [1.165, 1.54) is 24.1 Å². The lowest BCUT2D eigenvalue weighted by Gasteiger charge is -2.36. The molecular formula is C19H22FNO4S. The SMILES string of the molecule is O=S(=O)(F)Oc1ccc(CN2CCCCC2Cc2ccc(O)cc2)cc1. The quantitative estimate of drug-likeness (QED) is 0.777. The molecule has 0 aromatic heterocycles. The van der Waals surface area contributed by atoms with Crippen LogP contribution in [-0.2, 0) is 23.5 Å². The van der Waals surface area contributed by atoms with Gasteiger partial charge in [-0.2, -0.15) is 8.42 Å². The summed E-state index contributed by atoms with van der Waals surface area (Å²) in [5.41, 5.74) is 2.21. The number of aromatic hydroxyl groups is 1. The normalized spacial score (nSPS) is 18.6. The van der Waals surface area contributed by atoms with E-state index in [0.717, 1.165) is 37.9 Å². The first-order chi connectivity index (χ1) is 12.4. The largest absolute Gasteiger partial charge is 0.508 e. The minimum atomic E-state index is -4.99. The van der Waals surface area contributed by atoms with Crippen molar-refractivity contribution in [1.82, 2.24) is 4.90 Å². The number of rotatable bonds is 6. The zero-order valence-corrected chi connectivity index (χ0v) is 15.2. The first-order valence-corrected chi connectivity index (χ1v) is 9.95. The van der Waals surface area contributed by atoms with Crippen molar-refractivity contribution in [2.75, 3.05) is 6.54 Å². The van der Waals surface area contributed by atoms with E-state index in [2.05, 4.69) is 9.08 Å². The van der Waals surface area contributed by atoms with Gasteiger partial charge in [-0.15, -0.1) is 0 Å². The molecular weight excluding hydrogens is 357 g/mol. The summed E-state index contributed by atoms with van der Waals surface area (Å²) in [4.78, 5) is 2.41. The summed E-state index contributed by atoms with van der Waals surface area (Å²) in [7, 11) is -4.99. The Bertz CT molecular complexity index is 822. The van der Waals surface area contributed by atoms with E-state index in [0.29, 0.717) is 6.04 Å². The lowest BCUT2D eigenvalue weighted by molar-refractivity contribution is 0.139. The summed E-state index contributed by atoms with van der Waals surface area (Å²) in [6.07, 6.45) is 4.37. The molecule has 140 valence electrons. The number of piperidine rings is 1. The molecule has 1 atom stereocenters. The van der Waals surface area contributed by atoms with Crippen LogP contribution in [0.2, 0.25) is 0 Å². The number of hydrogen-bond donors (Lipinski definition) is 1. The molecule has 0 spiro atoms. The van der Waals surface area contributed by atoms with Gasteiger partial charge in [0.25, 0.3) is 0 Å². The summed E-state index contributed by atoms with van der Waals surface area (Å²) >= 11 is 0. The van der Waals surface area contributed by atoms with E-state index < -0.39 is 10.5 Å². The number of benzene rings is 2. The van der Waals surface area contributed by atoms with Crippen molar-refractivity contribution < 1.29 is 21.6 Å². The third-order valence-corrected chi connectivity index (χ3v) is 5.05. The van der Waals surface area contributed by atoms with Gasteiger partial charge in [0, 0.05) is 12.6 Å². The molecule has 2 aromatic carbocycles. The molecule has 0 amide bonds. The summed E-state index contributed by atoms with van der Waals surface area (Å²) in [6.45, 7) is 1.74. The Morgan fingerprint density at radius 1 is 1.04 bits per heavy atom. The van der Waals surface area contributed by atoms with Gasteiger partial charge in [-0.05, 0) is 61.2 Å². The maximum atomic E-state index is 12.6. The number of likely N-dealkylation sites (tertiary alicyclic amines) is 1. The van der Waals surface area contributed by atoms with Gasteiger partial charge in [-0.1, -0.05) is 34.6 Å². The van der Waals surface area contributed by atoms with E-state index in [9.17, 15) is 17.4 Å². The zero-order valence-electron chi connectivity index (χ0n) is 14.3. The van der Waals surface area contributed by atoms with E-state index in [1.807, 2.05) is 12.1 Å². The van der Waals surface area contributed by atoms with Crippen LogP contribution in [0.15, 0.2) is 48.5 Å². The highest BCUT2D eigenvalue weighted by atomic mass is 32.3. The highest BCUT2D eigenvalue weighted by molar-refractivity contribution is 7.81. The van der Waals surface area contributed by atoms with Gasteiger partial charge in [0.2, 0.25) is 0 Å². The Kier molecular flexibility index (Phi) is 5.78. The van der Waals surface area contributed by atoms with Crippen LogP contribution in [0.25, 0.3) is 0 Å². The van der Waals surface area contributed by atoms with Crippen molar-refractivity contribution in [1.29, 1.82) is 0 Å². The lowest BCUT2D eigenvalue weighted by atomic mass is 9.95. The third kappa shape index (κ3) is 5.44. The first-order valence-electron chi connectivity index (χ1n) is 8.64. The molecule has 1 N–H and O–H groups in total. The predicted molar refractivity (Wildman–Crippen MR) is 97.0 cm³/mol.